The molecule has 0 saturated carbocycles. The molecule has 0 amide bonds. The van der Waals surface area contributed by atoms with Crippen LogP contribution in [0.5, 0.6) is 0 Å². The lowest BCUT2D eigenvalue weighted by molar-refractivity contribution is -0.0517. The van der Waals surface area contributed by atoms with E-state index in [9.17, 15) is 13.2 Å². The third-order valence-corrected chi connectivity index (χ3v) is 5.45. The second kappa shape index (κ2) is 6.68. The van der Waals surface area contributed by atoms with E-state index in [1.54, 1.807) is 0 Å². The van der Waals surface area contributed by atoms with Gasteiger partial charge >= 0.3 is 5.51 Å². The van der Waals surface area contributed by atoms with Crippen LogP contribution in [0.2, 0.25) is 0 Å². The summed E-state index contributed by atoms with van der Waals surface area (Å²) in [5.74, 6) is 0. The molecule has 2 heterocycles. The molecule has 0 atom stereocenters. The number of nitrogens with zero attached hydrogens (tertiary/aromatic N) is 1. The molecule has 1 spiro atoms. The van der Waals surface area contributed by atoms with E-state index in [4.69, 9.17) is 13.0 Å². The summed E-state index contributed by atoms with van der Waals surface area (Å²) in [7, 11) is -6.09. The monoisotopic (exact) mass is 385 g/mol. The molecular weight excluding hydrogens is 367 g/mol. The maximum Gasteiger partial charge on any atom is 0.485 e. The summed E-state index contributed by atoms with van der Waals surface area (Å²) in [6.07, 6.45) is 4.09. The van der Waals surface area contributed by atoms with Gasteiger partial charge in [0.05, 0.1) is 13.1 Å². The quantitative estimate of drug-likeness (QED) is 0.380. The summed E-state index contributed by atoms with van der Waals surface area (Å²) < 4.78 is 60.0. The molecule has 1 saturated heterocycles. The lowest BCUT2D eigenvalue weighted by Gasteiger charge is -2.38. The van der Waals surface area contributed by atoms with Gasteiger partial charge in [0, 0.05) is 23.3 Å². The van der Waals surface area contributed by atoms with Crippen molar-refractivity contribution in [2.24, 2.45) is 0 Å². The maximum atomic E-state index is 10.7. The van der Waals surface area contributed by atoms with Gasteiger partial charge in [0.15, 0.2) is 10.1 Å². The molecule has 1 fully saturated rings. The Bertz CT molecular complexity index is 856. The van der Waals surface area contributed by atoms with E-state index in [2.05, 4.69) is 48.5 Å². The molecule has 140 valence electrons. The molecule has 0 unspecified atom stereocenters. The van der Waals surface area contributed by atoms with Gasteiger partial charge in [-0.3, -0.25) is 4.48 Å². The van der Waals surface area contributed by atoms with Crippen LogP contribution in [0.1, 0.15) is 19.3 Å². The third kappa shape index (κ3) is 3.24. The van der Waals surface area contributed by atoms with E-state index >= 15 is 0 Å². The van der Waals surface area contributed by atoms with Crippen LogP contribution < -0.4 is 4.48 Å². The number of rotatable bonds is 0. The Morgan fingerprint density at radius 1 is 0.808 bits per heavy atom. The van der Waals surface area contributed by atoms with Crippen molar-refractivity contribution in [2.45, 2.75) is 24.8 Å². The third-order valence-electron chi connectivity index (χ3n) is 4.88. The summed E-state index contributed by atoms with van der Waals surface area (Å²) in [6.45, 7) is 2.54. The summed E-state index contributed by atoms with van der Waals surface area (Å²) in [4.78, 5) is 0. The van der Waals surface area contributed by atoms with E-state index in [0.717, 1.165) is 4.48 Å². The lowest BCUT2D eigenvalue weighted by Crippen LogP contribution is -2.46. The minimum atomic E-state index is -6.09. The Balaban J connectivity index is 0.000000211. The van der Waals surface area contributed by atoms with Crippen LogP contribution in [0.25, 0.3) is 11.1 Å². The number of hydrogen-bond acceptors (Lipinski definition) is 3. The van der Waals surface area contributed by atoms with Crippen molar-refractivity contribution in [3.63, 3.8) is 0 Å². The van der Waals surface area contributed by atoms with Gasteiger partial charge < -0.3 is 4.55 Å². The summed E-state index contributed by atoms with van der Waals surface area (Å²) in [5.41, 5.74) is 0.314. The largest absolute Gasteiger partial charge is 0.741 e. The van der Waals surface area contributed by atoms with Gasteiger partial charge in [-0.1, -0.05) is 24.3 Å². The Morgan fingerprint density at radius 2 is 1.19 bits per heavy atom. The number of alkyl halides is 3. The predicted octanol–water partition coefficient (Wildman–Crippen LogP) is 4.54. The van der Waals surface area contributed by atoms with Gasteiger partial charge in [-0.15, -0.1) is 0 Å². The molecule has 8 heteroatoms. The SMILES string of the molecule is O=S(=O)([O-])C(F)(F)F.c1ccc2c(c1)-c1ccccc1[N+]21CCCCC1. The van der Waals surface area contributed by atoms with Gasteiger partial charge in [0.25, 0.3) is 0 Å². The molecule has 4 rings (SSSR count). The van der Waals surface area contributed by atoms with Crippen molar-refractivity contribution >= 4 is 21.5 Å². The minimum Gasteiger partial charge on any atom is -0.741 e. The number of piperidine rings is 1. The molecule has 0 bridgehead atoms. The number of benzene rings is 2. The highest BCUT2D eigenvalue weighted by Gasteiger charge is 2.44. The van der Waals surface area contributed by atoms with Gasteiger partial charge in [0.2, 0.25) is 0 Å². The Labute approximate surface area is 150 Å². The van der Waals surface area contributed by atoms with Gasteiger partial charge in [-0.05, 0) is 31.4 Å². The van der Waals surface area contributed by atoms with Crippen LogP contribution in [0, 0.1) is 0 Å². The zero-order valence-corrected chi connectivity index (χ0v) is 14.7. The predicted molar refractivity (Wildman–Crippen MR) is 92.7 cm³/mol. The smallest absolute Gasteiger partial charge is 0.485 e. The van der Waals surface area contributed by atoms with Crippen LogP contribution in [0.4, 0.5) is 24.5 Å². The van der Waals surface area contributed by atoms with Gasteiger partial charge in [0.1, 0.15) is 11.4 Å². The van der Waals surface area contributed by atoms with E-state index in [0.29, 0.717) is 0 Å². The zero-order valence-electron chi connectivity index (χ0n) is 13.9. The van der Waals surface area contributed by atoms with Crippen molar-refractivity contribution in [2.75, 3.05) is 13.1 Å². The molecule has 0 N–H and O–H groups in total. The average molecular weight is 385 g/mol. The number of halogens is 3. The van der Waals surface area contributed by atoms with Crippen LogP contribution >= 0.6 is 0 Å². The molecule has 2 aromatic rings. The molecule has 2 aromatic carbocycles. The molecule has 2 aliphatic rings. The number of fused-ring (bicyclic) bond motifs is 5. The van der Waals surface area contributed by atoms with E-state index < -0.39 is 15.6 Å². The van der Waals surface area contributed by atoms with Crippen molar-refractivity contribution in [1.29, 1.82) is 0 Å². The van der Waals surface area contributed by atoms with Crippen molar-refractivity contribution in [3.8, 4) is 11.1 Å². The van der Waals surface area contributed by atoms with Crippen LogP contribution in [0.3, 0.4) is 0 Å². The first-order valence-electron chi connectivity index (χ1n) is 8.26. The normalized spacial score (nSPS) is 17.8. The highest BCUT2D eigenvalue weighted by Crippen LogP contribution is 2.53. The minimum absolute atomic E-state index is 1.10. The van der Waals surface area contributed by atoms with Crippen LogP contribution in [-0.2, 0) is 10.1 Å². The van der Waals surface area contributed by atoms with E-state index in [1.165, 1.54) is 54.9 Å². The fraction of sp³-hybridized carbons (Fsp3) is 0.333. The second-order valence-electron chi connectivity index (χ2n) is 6.41. The van der Waals surface area contributed by atoms with Gasteiger partial charge in [-0.25, -0.2) is 8.42 Å². The average Bonchev–Trinajstić information content (AvgIpc) is 2.86. The summed E-state index contributed by atoms with van der Waals surface area (Å²) in [5, 5.41) is 0. The summed E-state index contributed by atoms with van der Waals surface area (Å²) >= 11 is 0. The lowest BCUT2D eigenvalue weighted by atomic mass is 10.1. The Morgan fingerprint density at radius 3 is 1.58 bits per heavy atom. The second-order valence-corrected chi connectivity index (χ2v) is 7.78. The van der Waals surface area contributed by atoms with E-state index in [-0.39, 0.29) is 0 Å². The molecular formula is C18H18F3NO3S. The Hall–Kier alpha value is -1.90. The van der Waals surface area contributed by atoms with Crippen molar-refractivity contribution < 1.29 is 26.1 Å². The number of hydrogen-bond donors (Lipinski definition) is 0. The van der Waals surface area contributed by atoms with Gasteiger partial charge in [-0.2, -0.15) is 13.2 Å². The molecule has 2 aliphatic heterocycles. The Kier molecular flexibility index (Phi) is 4.85. The maximum absolute atomic E-state index is 10.7. The summed E-state index contributed by atoms with van der Waals surface area (Å²) in [6, 6.07) is 18.0. The molecule has 0 aliphatic carbocycles. The first-order valence-corrected chi connectivity index (χ1v) is 9.66. The van der Waals surface area contributed by atoms with E-state index in [1.807, 2.05) is 0 Å². The van der Waals surface area contributed by atoms with Crippen LogP contribution in [0.15, 0.2) is 48.5 Å². The highest BCUT2D eigenvalue weighted by molar-refractivity contribution is 7.86. The fourth-order valence-corrected chi connectivity index (χ4v) is 3.81. The van der Waals surface area contributed by atoms with Crippen molar-refractivity contribution in [1.82, 2.24) is 4.48 Å². The molecule has 4 nitrogen and oxygen atoms in total. The number of quaternary nitrogens is 1. The zero-order chi connectivity index (χ0) is 19.0. The standard InChI is InChI=1S/C17H18N.CHF3O3S/c1-6-12-18(13-7-1)16-10-4-2-8-14(16)15-9-3-5-11-17(15)18;2-1(3,4)8(5,6)7/h2-5,8-11H,1,6-7,12-13H2;(H,5,6,7)/q+1;/p-1. The topological polar surface area (TPSA) is 57.2 Å². The first kappa shape index (κ1) is 18.9. The highest BCUT2D eigenvalue weighted by atomic mass is 32.2. The van der Waals surface area contributed by atoms with Crippen LogP contribution in [-0.4, -0.2) is 31.6 Å². The molecule has 0 radical (unpaired) electrons. The number of para-hydroxylation sites is 2. The fourth-order valence-electron chi connectivity index (χ4n) is 3.81. The molecule has 0 aromatic heterocycles. The first-order chi connectivity index (χ1) is 12.2. The van der Waals surface area contributed by atoms with Crippen molar-refractivity contribution in [3.05, 3.63) is 48.5 Å². The molecule has 26 heavy (non-hydrogen) atoms.